The van der Waals surface area contributed by atoms with Gasteiger partial charge < -0.3 is 5.11 Å². The first-order valence-corrected chi connectivity index (χ1v) is 7.07. The molecule has 98 valence electrons. The van der Waals surface area contributed by atoms with Crippen molar-refractivity contribution in [2.75, 3.05) is 6.61 Å². The molecule has 6 heteroatoms. The van der Waals surface area contributed by atoms with Gasteiger partial charge in [0.05, 0.1) is 0 Å². The third-order valence-electron chi connectivity index (χ3n) is 2.84. The Morgan fingerprint density at radius 3 is 2.67 bits per heavy atom. The van der Waals surface area contributed by atoms with Crippen LogP contribution in [-0.2, 0) is 10.0 Å². The van der Waals surface area contributed by atoms with Crippen molar-refractivity contribution < 1.29 is 17.9 Å². The molecule has 0 heterocycles. The zero-order chi connectivity index (χ0) is 13.2. The minimum absolute atomic E-state index is 0.0194. The first kappa shape index (κ1) is 13.2. The number of aliphatic hydroxyl groups is 1. The summed E-state index contributed by atoms with van der Waals surface area (Å²) in [5, 5.41) is 8.95. The van der Waals surface area contributed by atoms with E-state index in [2.05, 4.69) is 4.72 Å². The van der Waals surface area contributed by atoms with Crippen LogP contribution < -0.4 is 4.72 Å². The van der Waals surface area contributed by atoms with E-state index < -0.39 is 21.9 Å². The van der Waals surface area contributed by atoms with Crippen molar-refractivity contribution >= 4 is 10.0 Å². The molecule has 1 aliphatic carbocycles. The molecule has 0 amide bonds. The molecule has 2 N–H and O–H groups in total. The van der Waals surface area contributed by atoms with Crippen LogP contribution in [0.15, 0.2) is 41.3 Å². The molecule has 1 aromatic carbocycles. The fourth-order valence-corrected chi connectivity index (χ4v) is 3.21. The van der Waals surface area contributed by atoms with Crippen LogP contribution in [0.4, 0.5) is 4.39 Å². The Hall–Kier alpha value is -1.24. The van der Waals surface area contributed by atoms with Crippen LogP contribution in [0.1, 0.15) is 6.42 Å². The van der Waals surface area contributed by atoms with Crippen LogP contribution in [0, 0.1) is 11.7 Å². The highest BCUT2D eigenvalue weighted by Crippen LogP contribution is 2.20. The minimum Gasteiger partial charge on any atom is -0.396 e. The van der Waals surface area contributed by atoms with Gasteiger partial charge in [-0.05, 0) is 18.6 Å². The number of rotatable bonds is 4. The predicted molar refractivity (Wildman–Crippen MR) is 64.8 cm³/mol. The molecule has 0 spiro atoms. The molecular formula is C12H14FNO3S. The van der Waals surface area contributed by atoms with Gasteiger partial charge in [0.2, 0.25) is 10.0 Å². The SMILES string of the molecule is O=S(=O)(N[C@@H]1C=C[C@H](CO)C1)c1ccccc1F. The average molecular weight is 271 g/mol. The second-order valence-electron chi connectivity index (χ2n) is 4.22. The number of nitrogens with one attached hydrogen (secondary N) is 1. The molecular weight excluding hydrogens is 257 g/mol. The number of sulfonamides is 1. The molecule has 0 unspecified atom stereocenters. The summed E-state index contributed by atoms with van der Waals surface area (Å²) in [7, 11) is -3.86. The van der Waals surface area contributed by atoms with E-state index in [1.165, 1.54) is 18.2 Å². The van der Waals surface area contributed by atoms with E-state index in [1.807, 2.05) is 0 Å². The van der Waals surface area contributed by atoms with Crippen molar-refractivity contribution in [1.82, 2.24) is 4.72 Å². The number of aliphatic hydroxyl groups excluding tert-OH is 1. The molecule has 4 nitrogen and oxygen atoms in total. The van der Waals surface area contributed by atoms with Gasteiger partial charge in [-0.25, -0.2) is 17.5 Å². The lowest BCUT2D eigenvalue weighted by Gasteiger charge is -2.13. The van der Waals surface area contributed by atoms with E-state index in [4.69, 9.17) is 5.11 Å². The second-order valence-corrected chi connectivity index (χ2v) is 5.90. The summed E-state index contributed by atoms with van der Waals surface area (Å²) in [5.74, 6) is -0.816. The number of halogens is 1. The highest BCUT2D eigenvalue weighted by molar-refractivity contribution is 7.89. The van der Waals surface area contributed by atoms with Crippen LogP contribution >= 0.6 is 0 Å². The van der Waals surface area contributed by atoms with Gasteiger partial charge in [-0.2, -0.15) is 0 Å². The number of benzene rings is 1. The van der Waals surface area contributed by atoms with Gasteiger partial charge in [-0.3, -0.25) is 0 Å². The Balaban J connectivity index is 2.14. The van der Waals surface area contributed by atoms with Gasteiger partial charge >= 0.3 is 0 Å². The Labute approximate surface area is 105 Å². The van der Waals surface area contributed by atoms with Crippen LogP contribution in [0.5, 0.6) is 0 Å². The molecule has 1 aliphatic rings. The van der Waals surface area contributed by atoms with Gasteiger partial charge in [0, 0.05) is 18.6 Å². The molecule has 2 rings (SSSR count). The minimum atomic E-state index is -3.86. The van der Waals surface area contributed by atoms with Crippen molar-refractivity contribution in [2.45, 2.75) is 17.4 Å². The van der Waals surface area contributed by atoms with E-state index in [0.717, 1.165) is 6.07 Å². The van der Waals surface area contributed by atoms with E-state index in [0.29, 0.717) is 6.42 Å². The summed E-state index contributed by atoms with van der Waals surface area (Å²) in [4.78, 5) is -0.356. The van der Waals surface area contributed by atoms with Crippen LogP contribution in [0.3, 0.4) is 0 Å². The van der Waals surface area contributed by atoms with Gasteiger partial charge in [-0.1, -0.05) is 24.3 Å². The monoisotopic (exact) mass is 271 g/mol. The normalized spacial score (nSPS) is 23.4. The quantitative estimate of drug-likeness (QED) is 0.804. The van der Waals surface area contributed by atoms with Crippen LogP contribution in [0.25, 0.3) is 0 Å². The summed E-state index contributed by atoms with van der Waals surface area (Å²) in [6.45, 7) is -0.0194. The topological polar surface area (TPSA) is 66.4 Å². The van der Waals surface area contributed by atoms with E-state index in [9.17, 15) is 12.8 Å². The van der Waals surface area contributed by atoms with Gasteiger partial charge in [0.1, 0.15) is 10.7 Å². The largest absolute Gasteiger partial charge is 0.396 e. The molecule has 0 saturated heterocycles. The lowest BCUT2D eigenvalue weighted by molar-refractivity contribution is 0.248. The Bertz CT molecular complexity index is 556. The van der Waals surface area contributed by atoms with E-state index in [-0.39, 0.29) is 17.4 Å². The smallest absolute Gasteiger partial charge is 0.244 e. The fourth-order valence-electron chi connectivity index (χ4n) is 1.92. The Morgan fingerprint density at radius 1 is 1.33 bits per heavy atom. The van der Waals surface area contributed by atoms with Crippen LogP contribution in [-0.4, -0.2) is 26.2 Å². The first-order valence-electron chi connectivity index (χ1n) is 5.59. The Kier molecular flexibility index (Phi) is 3.79. The molecule has 0 saturated carbocycles. The molecule has 0 fully saturated rings. The number of hydrogen-bond donors (Lipinski definition) is 2. The first-order chi connectivity index (χ1) is 8.53. The maximum atomic E-state index is 13.4. The lowest BCUT2D eigenvalue weighted by Crippen LogP contribution is -2.33. The average Bonchev–Trinajstić information content (AvgIpc) is 2.76. The molecule has 0 aliphatic heterocycles. The number of hydrogen-bond acceptors (Lipinski definition) is 3. The molecule has 0 radical (unpaired) electrons. The molecule has 0 aromatic heterocycles. The van der Waals surface area contributed by atoms with Crippen molar-refractivity contribution in [3.63, 3.8) is 0 Å². The zero-order valence-corrected chi connectivity index (χ0v) is 10.4. The summed E-state index contributed by atoms with van der Waals surface area (Å²) >= 11 is 0. The van der Waals surface area contributed by atoms with Gasteiger partial charge in [-0.15, -0.1) is 0 Å². The lowest BCUT2D eigenvalue weighted by atomic mass is 10.1. The third-order valence-corrected chi connectivity index (χ3v) is 4.36. The summed E-state index contributed by atoms with van der Waals surface area (Å²) in [6, 6.07) is 4.84. The van der Waals surface area contributed by atoms with Crippen LogP contribution in [0.2, 0.25) is 0 Å². The third kappa shape index (κ3) is 2.77. The predicted octanol–water partition coefficient (Wildman–Crippen LogP) is 1.04. The standard InChI is InChI=1S/C12H14FNO3S/c13-11-3-1-2-4-12(11)18(16,17)14-10-6-5-9(7-10)8-15/h1-6,9-10,14-15H,7-8H2/t9-,10+/m0/s1. The van der Waals surface area contributed by atoms with Crippen molar-refractivity contribution in [1.29, 1.82) is 0 Å². The van der Waals surface area contributed by atoms with E-state index >= 15 is 0 Å². The molecule has 18 heavy (non-hydrogen) atoms. The summed E-state index contributed by atoms with van der Waals surface area (Å²) in [5.41, 5.74) is 0. The molecule has 0 bridgehead atoms. The highest BCUT2D eigenvalue weighted by atomic mass is 32.2. The summed E-state index contributed by atoms with van der Waals surface area (Å²) in [6.07, 6.45) is 3.93. The van der Waals surface area contributed by atoms with Crippen molar-refractivity contribution in [3.05, 3.63) is 42.2 Å². The highest BCUT2D eigenvalue weighted by Gasteiger charge is 2.25. The molecule has 1 aromatic rings. The Morgan fingerprint density at radius 2 is 2.06 bits per heavy atom. The van der Waals surface area contributed by atoms with E-state index in [1.54, 1.807) is 12.2 Å². The van der Waals surface area contributed by atoms with Crippen molar-refractivity contribution in [2.24, 2.45) is 5.92 Å². The van der Waals surface area contributed by atoms with Gasteiger partial charge in [0.25, 0.3) is 0 Å². The zero-order valence-electron chi connectivity index (χ0n) is 9.58. The molecule has 2 atom stereocenters. The maximum absolute atomic E-state index is 13.4. The fraction of sp³-hybridized carbons (Fsp3) is 0.333. The van der Waals surface area contributed by atoms with Gasteiger partial charge in [0.15, 0.2) is 0 Å². The second kappa shape index (κ2) is 5.17. The summed E-state index contributed by atoms with van der Waals surface area (Å²) < 4.78 is 39.7. The maximum Gasteiger partial charge on any atom is 0.244 e. The van der Waals surface area contributed by atoms with Crippen molar-refractivity contribution in [3.8, 4) is 0 Å².